The molecule has 0 saturated heterocycles. The lowest BCUT2D eigenvalue weighted by Gasteiger charge is -2.18. The van der Waals surface area contributed by atoms with E-state index < -0.39 is 12.3 Å². The van der Waals surface area contributed by atoms with Gasteiger partial charge in [0.15, 0.2) is 17.8 Å². The summed E-state index contributed by atoms with van der Waals surface area (Å²) in [5, 5.41) is 0. The fraction of sp³-hybridized carbons (Fsp3) is 0.500. The van der Waals surface area contributed by atoms with Crippen LogP contribution in [-0.4, -0.2) is 33.1 Å². The second-order valence-corrected chi connectivity index (χ2v) is 3.89. The van der Waals surface area contributed by atoms with Crippen molar-refractivity contribution in [3.63, 3.8) is 0 Å². The Morgan fingerprint density at radius 3 is 2.15 bits per heavy atom. The third-order valence-corrected chi connectivity index (χ3v) is 2.38. The van der Waals surface area contributed by atoms with Crippen LogP contribution in [-0.2, 0) is 9.53 Å². The van der Waals surface area contributed by atoms with Crippen molar-refractivity contribution in [2.75, 3.05) is 20.8 Å². The highest BCUT2D eigenvalue weighted by molar-refractivity contribution is 5.72. The first kappa shape index (κ1) is 16.1. The Morgan fingerprint density at radius 1 is 1.20 bits per heavy atom. The molecule has 0 aliphatic rings. The maximum absolute atomic E-state index is 11.1. The molecule has 0 bridgehead atoms. The van der Waals surface area contributed by atoms with Crippen molar-refractivity contribution in [2.24, 2.45) is 0 Å². The summed E-state index contributed by atoms with van der Waals surface area (Å²) >= 11 is 0. The van der Waals surface area contributed by atoms with E-state index in [1.54, 1.807) is 19.1 Å². The Bertz CT molecular complexity index is 432. The van der Waals surface area contributed by atoms with Crippen LogP contribution in [0.25, 0.3) is 0 Å². The molecule has 6 nitrogen and oxygen atoms in total. The van der Waals surface area contributed by atoms with Gasteiger partial charge in [-0.15, -0.1) is 0 Å². The Balaban J connectivity index is 3.08. The zero-order chi connectivity index (χ0) is 15.1. The summed E-state index contributed by atoms with van der Waals surface area (Å²) in [5.74, 6) is 0.948. The summed E-state index contributed by atoms with van der Waals surface area (Å²) in [4.78, 5) is 11.1. The van der Waals surface area contributed by atoms with Gasteiger partial charge >= 0.3 is 5.97 Å². The molecule has 1 aromatic rings. The fourth-order valence-electron chi connectivity index (χ4n) is 1.63. The van der Waals surface area contributed by atoms with Crippen LogP contribution in [0.15, 0.2) is 12.1 Å². The standard InChI is InChI=1S/C14H20O6/c1-6-18-10(3)20-11-7-12(16-4)14(19-9(2)15)13(8-11)17-5/h7-8,10H,6H2,1-5H3. The summed E-state index contributed by atoms with van der Waals surface area (Å²) < 4.78 is 26.4. The van der Waals surface area contributed by atoms with Crippen molar-refractivity contribution in [3.05, 3.63) is 12.1 Å². The lowest BCUT2D eigenvalue weighted by Crippen LogP contribution is -2.16. The minimum atomic E-state index is -0.460. The average Bonchev–Trinajstić information content (AvgIpc) is 2.39. The largest absolute Gasteiger partial charge is 0.493 e. The minimum absolute atomic E-state index is 0.221. The van der Waals surface area contributed by atoms with E-state index in [9.17, 15) is 4.79 Å². The van der Waals surface area contributed by atoms with Gasteiger partial charge < -0.3 is 23.7 Å². The molecular weight excluding hydrogens is 264 g/mol. The van der Waals surface area contributed by atoms with Crippen LogP contribution in [0.1, 0.15) is 20.8 Å². The van der Waals surface area contributed by atoms with E-state index in [-0.39, 0.29) is 5.75 Å². The van der Waals surface area contributed by atoms with Gasteiger partial charge in [-0.25, -0.2) is 0 Å². The average molecular weight is 284 g/mol. The molecule has 0 spiro atoms. The SMILES string of the molecule is CCOC(C)Oc1cc(OC)c(OC(C)=O)c(OC)c1. The van der Waals surface area contributed by atoms with Crippen molar-refractivity contribution in [3.8, 4) is 23.0 Å². The summed E-state index contributed by atoms with van der Waals surface area (Å²) in [6, 6.07) is 3.21. The van der Waals surface area contributed by atoms with Gasteiger partial charge in [0.1, 0.15) is 5.75 Å². The first-order valence-corrected chi connectivity index (χ1v) is 6.24. The Hall–Kier alpha value is -1.95. The van der Waals surface area contributed by atoms with E-state index in [1.807, 2.05) is 6.92 Å². The molecule has 0 saturated carbocycles. The topological polar surface area (TPSA) is 63.2 Å². The van der Waals surface area contributed by atoms with Gasteiger partial charge in [0.25, 0.3) is 0 Å². The molecule has 112 valence electrons. The quantitative estimate of drug-likeness (QED) is 0.435. The summed E-state index contributed by atoms with van der Waals surface area (Å²) in [6.45, 7) is 5.51. The van der Waals surface area contributed by atoms with Crippen LogP contribution >= 0.6 is 0 Å². The first-order chi connectivity index (χ1) is 9.51. The van der Waals surface area contributed by atoms with Crippen LogP contribution < -0.4 is 18.9 Å². The Labute approximate surface area is 118 Å². The molecule has 1 aromatic carbocycles. The van der Waals surface area contributed by atoms with Crippen molar-refractivity contribution in [1.82, 2.24) is 0 Å². The van der Waals surface area contributed by atoms with Crippen LogP contribution in [0.4, 0.5) is 0 Å². The number of carbonyl (C=O) groups is 1. The highest BCUT2D eigenvalue weighted by Gasteiger charge is 2.17. The predicted molar refractivity (Wildman–Crippen MR) is 72.6 cm³/mol. The van der Waals surface area contributed by atoms with Gasteiger partial charge in [-0.05, 0) is 13.8 Å². The second-order valence-electron chi connectivity index (χ2n) is 3.89. The van der Waals surface area contributed by atoms with Gasteiger partial charge in [0.2, 0.25) is 5.75 Å². The molecule has 20 heavy (non-hydrogen) atoms. The molecule has 0 heterocycles. The lowest BCUT2D eigenvalue weighted by molar-refractivity contribution is -0.132. The van der Waals surface area contributed by atoms with Crippen molar-refractivity contribution >= 4 is 5.97 Å². The monoisotopic (exact) mass is 284 g/mol. The fourth-order valence-corrected chi connectivity index (χ4v) is 1.63. The van der Waals surface area contributed by atoms with Crippen molar-refractivity contribution in [1.29, 1.82) is 0 Å². The highest BCUT2D eigenvalue weighted by atomic mass is 16.7. The normalized spacial score (nSPS) is 11.7. The van der Waals surface area contributed by atoms with Gasteiger partial charge in [0, 0.05) is 25.7 Å². The maximum Gasteiger partial charge on any atom is 0.308 e. The summed E-state index contributed by atoms with van der Waals surface area (Å²) in [5.41, 5.74) is 0. The minimum Gasteiger partial charge on any atom is -0.493 e. The molecule has 0 fully saturated rings. The Morgan fingerprint density at radius 2 is 1.75 bits per heavy atom. The highest BCUT2D eigenvalue weighted by Crippen LogP contribution is 2.41. The molecular formula is C14H20O6. The lowest BCUT2D eigenvalue weighted by atomic mass is 10.2. The second kappa shape index (κ2) is 7.59. The summed E-state index contributed by atoms with van der Waals surface area (Å²) in [6.07, 6.45) is -0.408. The summed E-state index contributed by atoms with van der Waals surface area (Å²) in [7, 11) is 2.94. The number of carbonyl (C=O) groups excluding carboxylic acids is 1. The third-order valence-electron chi connectivity index (χ3n) is 2.38. The molecule has 1 unspecified atom stereocenters. The van der Waals surface area contributed by atoms with E-state index in [0.717, 1.165) is 0 Å². The molecule has 0 amide bonds. The maximum atomic E-state index is 11.1. The molecule has 0 aliphatic heterocycles. The number of esters is 1. The van der Waals surface area contributed by atoms with E-state index in [0.29, 0.717) is 23.9 Å². The molecule has 0 aliphatic carbocycles. The van der Waals surface area contributed by atoms with E-state index >= 15 is 0 Å². The number of ether oxygens (including phenoxy) is 5. The first-order valence-electron chi connectivity index (χ1n) is 6.24. The predicted octanol–water partition coefficient (Wildman–Crippen LogP) is 2.39. The van der Waals surface area contributed by atoms with Crippen LogP contribution in [0.5, 0.6) is 23.0 Å². The molecule has 0 aromatic heterocycles. The van der Waals surface area contributed by atoms with Gasteiger partial charge in [-0.3, -0.25) is 4.79 Å². The molecule has 0 radical (unpaired) electrons. The van der Waals surface area contributed by atoms with Crippen molar-refractivity contribution in [2.45, 2.75) is 27.1 Å². The third kappa shape index (κ3) is 4.31. The molecule has 0 N–H and O–H groups in total. The number of methoxy groups -OCH3 is 2. The molecule has 1 atom stereocenters. The number of hydrogen-bond acceptors (Lipinski definition) is 6. The molecule has 6 heteroatoms. The number of hydrogen-bond donors (Lipinski definition) is 0. The van der Waals surface area contributed by atoms with Crippen LogP contribution in [0.3, 0.4) is 0 Å². The molecule has 1 rings (SSSR count). The van der Waals surface area contributed by atoms with E-state index in [1.165, 1.54) is 21.1 Å². The van der Waals surface area contributed by atoms with E-state index in [2.05, 4.69) is 0 Å². The number of benzene rings is 1. The van der Waals surface area contributed by atoms with Gasteiger partial charge in [-0.2, -0.15) is 0 Å². The van der Waals surface area contributed by atoms with Crippen LogP contribution in [0, 0.1) is 0 Å². The Kier molecular flexibility index (Phi) is 6.11. The zero-order valence-corrected chi connectivity index (χ0v) is 12.4. The smallest absolute Gasteiger partial charge is 0.308 e. The van der Waals surface area contributed by atoms with E-state index in [4.69, 9.17) is 23.7 Å². The number of rotatable bonds is 7. The van der Waals surface area contributed by atoms with Crippen molar-refractivity contribution < 1.29 is 28.5 Å². The van der Waals surface area contributed by atoms with Gasteiger partial charge in [0.05, 0.1) is 14.2 Å². The van der Waals surface area contributed by atoms with Crippen LogP contribution in [0.2, 0.25) is 0 Å². The zero-order valence-electron chi connectivity index (χ0n) is 12.4. The van der Waals surface area contributed by atoms with Gasteiger partial charge in [-0.1, -0.05) is 0 Å².